The second kappa shape index (κ2) is 7.11. The molecule has 0 spiro atoms. The van der Waals surface area contributed by atoms with E-state index in [9.17, 15) is 4.79 Å². The number of hydrogen-bond donors (Lipinski definition) is 1. The van der Waals surface area contributed by atoms with Crippen LogP contribution in [-0.2, 0) is 4.79 Å². The van der Waals surface area contributed by atoms with E-state index in [-0.39, 0.29) is 18.6 Å². The maximum Gasteiger partial charge on any atom is 0.258 e. The molecule has 1 heterocycles. The summed E-state index contributed by atoms with van der Waals surface area (Å²) in [4.78, 5) is 16.3. The molecule has 5 nitrogen and oxygen atoms in total. The lowest BCUT2D eigenvalue weighted by molar-refractivity contribution is -0.123. The molecule has 2 aromatic rings. The topological polar surface area (TPSA) is 60.5 Å². The summed E-state index contributed by atoms with van der Waals surface area (Å²) >= 11 is 0. The van der Waals surface area contributed by atoms with Gasteiger partial charge in [-0.15, -0.1) is 0 Å². The highest BCUT2D eigenvalue weighted by Crippen LogP contribution is 2.28. The monoisotopic (exact) mass is 302 g/mol. The summed E-state index contributed by atoms with van der Waals surface area (Å²) in [5.41, 5.74) is 1.66. The van der Waals surface area contributed by atoms with Gasteiger partial charge in [0.05, 0.1) is 12.6 Å². The Morgan fingerprint density at radius 1 is 1.36 bits per heavy atom. The van der Waals surface area contributed by atoms with Gasteiger partial charge in [0.25, 0.3) is 5.91 Å². The van der Waals surface area contributed by atoms with Crippen molar-refractivity contribution in [3.05, 3.63) is 30.0 Å². The molecule has 1 N–H and O–H groups in total. The third kappa shape index (κ3) is 3.87. The minimum Gasteiger partial charge on any atom is -0.497 e. The molecule has 0 radical (unpaired) electrons. The number of nitrogens with zero attached hydrogens (tertiary/aromatic N) is 1. The first-order valence-electron chi connectivity index (χ1n) is 7.41. The van der Waals surface area contributed by atoms with E-state index < -0.39 is 0 Å². The fourth-order valence-corrected chi connectivity index (χ4v) is 2.11. The Bertz CT molecular complexity index is 670. The summed E-state index contributed by atoms with van der Waals surface area (Å²) < 4.78 is 10.9. The molecule has 1 amide bonds. The molecule has 0 aliphatic rings. The second-order valence-corrected chi connectivity index (χ2v) is 5.31. The fraction of sp³-hybridized carbons (Fsp3) is 0.412. The fourth-order valence-electron chi connectivity index (χ4n) is 2.11. The molecule has 0 aliphatic heterocycles. The minimum absolute atomic E-state index is 0.0138. The number of aromatic nitrogens is 1. The normalized spacial score (nSPS) is 12.0. The number of nitrogens with one attached hydrogen (secondary N) is 1. The summed E-state index contributed by atoms with van der Waals surface area (Å²) in [5, 5.41) is 3.72. The Morgan fingerprint density at radius 3 is 2.82 bits per heavy atom. The molecule has 0 bridgehead atoms. The van der Waals surface area contributed by atoms with Gasteiger partial charge in [0.15, 0.2) is 6.61 Å². The van der Waals surface area contributed by atoms with Crippen molar-refractivity contribution in [1.29, 1.82) is 0 Å². The van der Waals surface area contributed by atoms with Crippen molar-refractivity contribution in [2.24, 2.45) is 0 Å². The van der Waals surface area contributed by atoms with Crippen molar-refractivity contribution >= 4 is 16.8 Å². The zero-order valence-corrected chi connectivity index (χ0v) is 13.5. The molecule has 5 heteroatoms. The molecule has 1 aromatic heterocycles. The van der Waals surface area contributed by atoms with Crippen molar-refractivity contribution in [3.63, 3.8) is 0 Å². The molecule has 118 valence electrons. The van der Waals surface area contributed by atoms with Gasteiger partial charge in [-0.3, -0.25) is 9.78 Å². The lowest BCUT2D eigenvalue weighted by atomic mass is 10.1. The number of ether oxygens (including phenoxy) is 2. The second-order valence-electron chi connectivity index (χ2n) is 5.31. The van der Waals surface area contributed by atoms with E-state index in [2.05, 4.69) is 10.3 Å². The van der Waals surface area contributed by atoms with Crippen LogP contribution in [0.3, 0.4) is 0 Å². The number of carbonyl (C=O) groups excluding carboxylic acids is 1. The minimum atomic E-state index is -0.125. The van der Waals surface area contributed by atoms with Crippen LogP contribution >= 0.6 is 0 Å². The maximum atomic E-state index is 11.9. The van der Waals surface area contributed by atoms with Crippen LogP contribution in [-0.4, -0.2) is 30.6 Å². The maximum absolute atomic E-state index is 11.9. The number of carbonyl (C=O) groups is 1. The zero-order valence-electron chi connectivity index (χ0n) is 13.5. The first-order chi connectivity index (χ1) is 10.5. The number of aryl methyl sites for hydroxylation is 1. The molecule has 0 unspecified atom stereocenters. The number of hydrogen-bond acceptors (Lipinski definition) is 4. The molecule has 0 saturated carbocycles. The van der Waals surface area contributed by atoms with E-state index in [1.807, 2.05) is 45.0 Å². The number of benzene rings is 1. The average Bonchev–Trinajstić information content (AvgIpc) is 2.51. The lowest BCUT2D eigenvalue weighted by Gasteiger charge is -2.14. The molecule has 1 aromatic carbocycles. The summed E-state index contributed by atoms with van der Waals surface area (Å²) in [7, 11) is 1.61. The van der Waals surface area contributed by atoms with E-state index in [0.29, 0.717) is 5.75 Å². The van der Waals surface area contributed by atoms with E-state index in [1.165, 1.54) is 0 Å². The van der Waals surface area contributed by atoms with Crippen molar-refractivity contribution in [3.8, 4) is 11.5 Å². The summed E-state index contributed by atoms with van der Waals surface area (Å²) in [6.45, 7) is 5.88. The number of amides is 1. The predicted octanol–water partition coefficient (Wildman–Crippen LogP) is 2.85. The Kier molecular flexibility index (Phi) is 5.20. The number of pyridine rings is 1. The summed E-state index contributed by atoms with van der Waals surface area (Å²) in [6.07, 6.45) is 0.889. The highest BCUT2D eigenvalue weighted by atomic mass is 16.5. The number of rotatable bonds is 6. The first kappa shape index (κ1) is 16.1. The number of fused-ring (bicyclic) bond motifs is 1. The van der Waals surface area contributed by atoms with Crippen LogP contribution in [0.25, 0.3) is 10.9 Å². The SMILES string of the molecule is CC[C@H](C)NC(=O)COc1cc(C)nc2ccc(OC)cc12. The Hall–Kier alpha value is -2.30. The van der Waals surface area contributed by atoms with E-state index >= 15 is 0 Å². The van der Waals surface area contributed by atoms with E-state index in [0.717, 1.165) is 28.8 Å². The van der Waals surface area contributed by atoms with Gasteiger partial charge in [0.2, 0.25) is 0 Å². The molecule has 0 fully saturated rings. The van der Waals surface area contributed by atoms with Crippen LogP contribution in [0.4, 0.5) is 0 Å². The van der Waals surface area contributed by atoms with E-state index in [4.69, 9.17) is 9.47 Å². The van der Waals surface area contributed by atoms with Gasteiger partial charge in [-0.2, -0.15) is 0 Å². The van der Waals surface area contributed by atoms with Crippen molar-refractivity contribution in [2.45, 2.75) is 33.2 Å². The van der Waals surface area contributed by atoms with Crippen LogP contribution < -0.4 is 14.8 Å². The molecule has 0 aliphatic carbocycles. The van der Waals surface area contributed by atoms with Gasteiger partial charge in [-0.05, 0) is 38.5 Å². The Labute approximate surface area is 130 Å². The average molecular weight is 302 g/mol. The van der Waals surface area contributed by atoms with Crippen LogP contribution in [0.1, 0.15) is 26.0 Å². The third-order valence-corrected chi connectivity index (χ3v) is 3.48. The van der Waals surface area contributed by atoms with Gasteiger partial charge in [-0.1, -0.05) is 6.92 Å². The molecule has 2 rings (SSSR count). The van der Waals surface area contributed by atoms with Crippen molar-refractivity contribution < 1.29 is 14.3 Å². The lowest BCUT2D eigenvalue weighted by Crippen LogP contribution is -2.35. The Balaban J connectivity index is 2.20. The molecule has 0 saturated heterocycles. The largest absolute Gasteiger partial charge is 0.497 e. The summed E-state index contributed by atoms with van der Waals surface area (Å²) in [5.74, 6) is 1.24. The standard InChI is InChI=1S/C17H22N2O3/c1-5-11(2)19-17(20)10-22-16-8-12(3)18-15-7-6-13(21-4)9-14(15)16/h6-9,11H,5,10H2,1-4H3,(H,19,20)/t11-/m0/s1. The molecule has 22 heavy (non-hydrogen) atoms. The third-order valence-electron chi connectivity index (χ3n) is 3.48. The highest BCUT2D eigenvalue weighted by Gasteiger charge is 2.10. The predicted molar refractivity (Wildman–Crippen MR) is 86.4 cm³/mol. The van der Waals surface area contributed by atoms with Crippen LogP contribution in [0, 0.1) is 6.92 Å². The molecular weight excluding hydrogens is 280 g/mol. The van der Waals surface area contributed by atoms with Gasteiger partial charge in [0, 0.05) is 23.2 Å². The van der Waals surface area contributed by atoms with Gasteiger partial charge < -0.3 is 14.8 Å². The Morgan fingerprint density at radius 2 is 2.14 bits per heavy atom. The smallest absolute Gasteiger partial charge is 0.258 e. The molecule has 1 atom stereocenters. The molecular formula is C17H22N2O3. The van der Waals surface area contributed by atoms with Crippen LogP contribution in [0.5, 0.6) is 11.5 Å². The van der Waals surface area contributed by atoms with Gasteiger partial charge in [-0.25, -0.2) is 0 Å². The van der Waals surface area contributed by atoms with Crippen LogP contribution in [0.2, 0.25) is 0 Å². The van der Waals surface area contributed by atoms with Crippen LogP contribution in [0.15, 0.2) is 24.3 Å². The van der Waals surface area contributed by atoms with E-state index in [1.54, 1.807) is 7.11 Å². The zero-order chi connectivity index (χ0) is 16.1. The first-order valence-corrected chi connectivity index (χ1v) is 7.41. The number of methoxy groups -OCH3 is 1. The quantitative estimate of drug-likeness (QED) is 0.891. The highest BCUT2D eigenvalue weighted by molar-refractivity contribution is 5.87. The van der Waals surface area contributed by atoms with Crippen molar-refractivity contribution in [2.75, 3.05) is 13.7 Å². The van der Waals surface area contributed by atoms with Crippen molar-refractivity contribution in [1.82, 2.24) is 10.3 Å². The van der Waals surface area contributed by atoms with Gasteiger partial charge in [0.1, 0.15) is 11.5 Å². The summed E-state index contributed by atoms with van der Waals surface area (Å²) in [6, 6.07) is 7.58. The van der Waals surface area contributed by atoms with Gasteiger partial charge >= 0.3 is 0 Å².